The fourth-order valence-corrected chi connectivity index (χ4v) is 2.63. The molecule has 1 atom stereocenters. The molecule has 1 amide bonds. The zero-order chi connectivity index (χ0) is 14.1. The molecule has 1 aliphatic heterocycles. The van der Waals surface area contributed by atoms with E-state index in [0.29, 0.717) is 23.6 Å². The highest BCUT2D eigenvalue weighted by molar-refractivity contribution is 5.98. The molecule has 0 bridgehead atoms. The van der Waals surface area contributed by atoms with Crippen LogP contribution in [0.4, 0.5) is 5.69 Å². The number of carbonyl (C=O) groups is 1. The van der Waals surface area contributed by atoms with Crippen LogP contribution in [0.1, 0.15) is 16.7 Å². The molecule has 0 saturated heterocycles. The molecule has 3 rings (SSSR count). The molecule has 1 aliphatic rings. The van der Waals surface area contributed by atoms with Gasteiger partial charge in [-0.2, -0.15) is 5.06 Å². The zero-order valence-corrected chi connectivity index (χ0v) is 11.0. The molecule has 3 N–H and O–H groups in total. The van der Waals surface area contributed by atoms with Crippen molar-refractivity contribution in [3.05, 3.63) is 65.2 Å². The van der Waals surface area contributed by atoms with Gasteiger partial charge in [0, 0.05) is 0 Å². The Kier molecular flexibility index (Phi) is 3.26. The minimum Gasteiger partial charge on any atom is -0.320 e. The van der Waals surface area contributed by atoms with Gasteiger partial charge >= 0.3 is 0 Å². The lowest BCUT2D eigenvalue weighted by Crippen LogP contribution is -2.47. The molecule has 20 heavy (non-hydrogen) atoms. The number of hydrogen-bond donors (Lipinski definition) is 2. The van der Waals surface area contributed by atoms with Crippen LogP contribution in [0.5, 0.6) is 0 Å². The summed E-state index contributed by atoms with van der Waals surface area (Å²) < 4.78 is 0. The Morgan fingerprint density at radius 1 is 1.15 bits per heavy atom. The molecule has 0 saturated carbocycles. The number of benzene rings is 2. The molecular formula is C16H16N2O2. The van der Waals surface area contributed by atoms with Gasteiger partial charge in [-0.3, -0.25) is 10.0 Å². The summed E-state index contributed by atoms with van der Waals surface area (Å²) in [6, 6.07) is 15.1. The van der Waals surface area contributed by atoms with Gasteiger partial charge in [-0.15, -0.1) is 0 Å². The Labute approximate surface area is 117 Å². The van der Waals surface area contributed by atoms with E-state index in [-0.39, 0.29) is 0 Å². The van der Waals surface area contributed by atoms with Gasteiger partial charge in [0.05, 0.1) is 11.7 Å². The first-order valence-electron chi connectivity index (χ1n) is 6.60. The zero-order valence-electron chi connectivity index (χ0n) is 11.0. The van der Waals surface area contributed by atoms with Crippen molar-refractivity contribution >= 4 is 11.6 Å². The maximum Gasteiger partial charge on any atom is 0.267 e. The highest BCUT2D eigenvalue weighted by atomic mass is 16.5. The van der Waals surface area contributed by atoms with Crippen molar-refractivity contribution in [1.82, 2.24) is 0 Å². The summed E-state index contributed by atoms with van der Waals surface area (Å²) in [4.78, 5) is 11.8. The van der Waals surface area contributed by atoms with Crippen LogP contribution in [-0.2, 0) is 17.6 Å². The van der Waals surface area contributed by atoms with Crippen molar-refractivity contribution < 1.29 is 10.0 Å². The number of anilines is 1. The summed E-state index contributed by atoms with van der Waals surface area (Å²) >= 11 is 0. The topological polar surface area (TPSA) is 66.6 Å². The summed E-state index contributed by atoms with van der Waals surface area (Å²) in [5.41, 5.74) is 9.29. The largest absolute Gasteiger partial charge is 0.320 e. The van der Waals surface area contributed by atoms with Crippen molar-refractivity contribution in [3.63, 3.8) is 0 Å². The second-order valence-corrected chi connectivity index (χ2v) is 5.05. The lowest BCUT2D eigenvalue weighted by atomic mass is 9.93. The first kappa shape index (κ1) is 12.8. The lowest BCUT2D eigenvalue weighted by Gasteiger charge is -2.29. The molecule has 0 fully saturated rings. The maximum absolute atomic E-state index is 11.8. The Morgan fingerprint density at radius 3 is 2.65 bits per heavy atom. The van der Waals surface area contributed by atoms with Gasteiger partial charge in [-0.05, 0) is 29.5 Å². The molecule has 2 aromatic rings. The first-order valence-corrected chi connectivity index (χ1v) is 6.60. The van der Waals surface area contributed by atoms with Crippen molar-refractivity contribution in [2.45, 2.75) is 18.9 Å². The average Bonchev–Trinajstić information content (AvgIpc) is 2.46. The SMILES string of the molecule is N[C@H]1Cc2cccc(Cc3ccccc3)c2N(O)C1=O. The number of para-hydroxylation sites is 1. The molecule has 102 valence electrons. The quantitative estimate of drug-likeness (QED) is 0.817. The van der Waals surface area contributed by atoms with E-state index in [1.54, 1.807) is 0 Å². The summed E-state index contributed by atoms with van der Waals surface area (Å²) in [6.07, 6.45) is 1.14. The second kappa shape index (κ2) is 5.07. The third-order valence-corrected chi connectivity index (χ3v) is 3.62. The molecule has 4 nitrogen and oxygen atoms in total. The molecule has 2 aromatic carbocycles. The van der Waals surface area contributed by atoms with Crippen LogP contribution in [0.2, 0.25) is 0 Å². The van der Waals surface area contributed by atoms with Crippen LogP contribution in [0.3, 0.4) is 0 Å². The van der Waals surface area contributed by atoms with Crippen molar-refractivity contribution in [3.8, 4) is 0 Å². The monoisotopic (exact) mass is 268 g/mol. The van der Waals surface area contributed by atoms with Crippen molar-refractivity contribution in [1.29, 1.82) is 0 Å². The van der Waals surface area contributed by atoms with Crippen LogP contribution in [0.15, 0.2) is 48.5 Å². The van der Waals surface area contributed by atoms with Crippen LogP contribution < -0.4 is 10.8 Å². The van der Waals surface area contributed by atoms with Gasteiger partial charge in [-0.25, -0.2) is 0 Å². The fourth-order valence-electron chi connectivity index (χ4n) is 2.63. The third-order valence-electron chi connectivity index (χ3n) is 3.62. The first-order chi connectivity index (χ1) is 9.66. The normalized spacial score (nSPS) is 18.0. The summed E-state index contributed by atoms with van der Waals surface area (Å²) in [7, 11) is 0. The van der Waals surface area contributed by atoms with Crippen LogP contribution in [0, 0.1) is 0 Å². The van der Waals surface area contributed by atoms with Crippen LogP contribution in [-0.4, -0.2) is 17.2 Å². The highest BCUT2D eigenvalue weighted by Gasteiger charge is 2.31. The van der Waals surface area contributed by atoms with E-state index in [1.807, 2.05) is 48.5 Å². The number of rotatable bonds is 2. The number of carbonyl (C=O) groups excluding carboxylic acids is 1. The Hall–Kier alpha value is -2.17. The minimum atomic E-state index is -0.667. The molecule has 0 aliphatic carbocycles. The molecule has 1 heterocycles. The van der Waals surface area contributed by atoms with Crippen LogP contribution in [0.25, 0.3) is 0 Å². The average molecular weight is 268 g/mol. The number of amides is 1. The number of hydroxylamine groups is 1. The Balaban J connectivity index is 2.02. The van der Waals surface area contributed by atoms with Gasteiger partial charge in [-0.1, -0.05) is 48.5 Å². The van der Waals surface area contributed by atoms with Gasteiger partial charge < -0.3 is 5.73 Å². The summed E-state index contributed by atoms with van der Waals surface area (Å²) in [5.74, 6) is -0.446. The maximum atomic E-state index is 11.8. The Bertz CT molecular complexity index is 640. The van der Waals surface area contributed by atoms with E-state index in [1.165, 1.54) is 0 Å². The van der Waals surface area contributed by atoms with E-state index in [0.717, 1.165) is 16.7 Å². The standard InChI is InChI=1S/C16H16N2O2/c17-14-10-13-8-4-7-12(15(13)18(20)16(14)19)9-11-5-2-1-3-6-11/h1-8,14,20H,9-10,17H2/t14-/m0/s1. The van der Waals surface area contributed by atoms with E-state index < -0.39 is 11.9 Å². The molecule has 0 unspecified atom stereocenters. The second-order valence-electron chi connectivity index (χ2n) is 5.05. The predicted octanol–water partition coefficient (Wildman–Crippen LogP) is 1.88. The van der Waals surface area contributed by atoms with E-state index in [9.17, 15) is 10.0 Å². The van der Waals surface area contributed by atoms with E-state index in [4.69, 9.17) is 5.73 Å². The van der Waals surface area contributed by atoms with E-state index >= 15 is 0 Å². The number of nitrogens with two attached hydrogens (primary N) is 1. The smallest absolute Gasteiger partial charge is 0.267 e. The molecule has 0 spiro atoms. The minimum absolute atomic E-state index is 0.446. The van der Waals surface area contributed by atoms with Crippen LogP contribution >= 0.6 is 0 Å². The van der Waals surface area contributed by atoms with Gasteiger partial charge in [0.15, 0.2) is 0 Å². The lowest BCUT2D eigenvalue weighted by molar-refractivity contribution is -0.125. The van der Waals surface area contributed by atoms with Gasteiger partial charge in [0.1, 0.15) is 0 Å². The number of nitrogens with zero attached hydrogens (tertiary/aromatic N) is 1. The number of fused-ring (bicyclic) bond motifs is 1. The van der Waals surface area contributed by atoms with Crippen molar-refractivity contribution in [2.75, 3.05) is 5.06 Å². The molecule has 4 heteroatoms. The summed E-state index contributed by atoms with van der Waals surface area (Å²) in [6.45, 7) is 0. The predicted molar refractivity (Wildman–Crippen MR) is 76.6 cm³/mol. The van der Waals surface area contributed by atoms with Crippen molar-refractivity contribution in [2.24, 2.45) is 5.73 Å². The van der Waals surface area contributed by atoms with Gasteiger partial charge in [0.25, 0.3) is 5.91 Å². The van der Waals surface area contributed by atoms with Gasteiger partial charge in [0.2, 0.25) is 0 Å². The molecule has 0 aromatic heterocycles. The number of hydrogen-bond acceptors (Lipinski definition) is 3. The molecule has 0 radical (unpaired) electrons. The summed E-state index contributed by atoms with van der Waals surface area (Å²) in [5, 5.41) is 10.8. The highest BCUT2D eigenvalue weighted by Crippen LogP contribution is 2.31. The fraction of sp³-hybridized carbons (Fsp3) is 0.188. The Morgan fingerprint density at radius 2 is 1.90 bits per heavy atom. The van der Waals surface area contributed by atoms with E-state index in [2.05, 4.69) is 0 Å². The molecular weight excluding hydrogens is 252 g/mol. The third kappa shape index (κ3) is 2.19.